The number of aromatic hydroxyl groups is 1. The lowest BCUT2D eigenvalue weighted by Gasteiger charge is -2.66. The fourth-order valence-corrected chi connectivity index (χ4v) is 9.94. The summed E-state index contributed by atoms with van der Waals surface area (Å²) >= 11 is 0. The van der Waals surface area contributed by atoms with E-state index in [2.05, 4.69) is 33.3 Å². The number of piperidine rings is 1. The van der Waals surface area contributed by atoms with Crippen LogP contribution in [0, 0.1) is 23.2 Å². The lowest BCUT2D eigenvalue weighted by atomic mass is 9.43. The topological polar surface area (TPSA) is 55.8 Å². The SMILES string of the molecule is O=C(C1=CCC=CN1)N1C[C@H]2CC34CCC1C2C31CCN(CC2CC2)C4Cc2ccc(O)cc21. The van der Waals surface area contributed by atoms with Gasteiger partial charge in [-0.25, -0.2) is 0 Å². The van der Waals surface area contributed by atoms with Crippen molar-refractivity contribution >= 4 is 5.91 Å². The van der Waals surface area contributed by atoms with Crippen molar-refractivity contribution in [2.75, 3.05) is 19.6 Å². The van der Waals surface area contributed by atoms with Crippen LogP contribution in [0.3, 0.4) is 0 Å². The summed E-state index contributed by atoms with van der Waals surface area (Å²) in [6.07, 6.45) is 15.6. The molecule has 3 saturated carbocycles. The van der Waals surface area contributed by atoms with Crippen molar-refractivity contribution in [2.45, 2.75) is 68.9 Å². The number of phenolic OH excluding ortho intramolecular Hbond substituents is 1. The first kappa shape index (κ1) is 20.0. The number of phenols is 1. The van der Waals surface area contributed by atoms with Gasteiger partial charge in [0.15, 0.2) is 0 Å². The summed E-state index contributed by atoms with van der Waals surface area (Å²) in [5, 5.41) is 13.8. The molecule has 7 aliphatic rings. The van der Waals surface area contributed by atoms with E-state index in [9.17, 15) is 9.90 Å². The molecule has 3 aliphatic heterocycles. The first-order valence-electron chi connectivity index (χ1n) is 13.6. The molecular formula is C29H35N3O2. The van der Waals surface area contributed by atoms with Gasteiger partial charge in [0.25, 0.3) is 5.91 Å². The zero-order valence-electron chi connectivity index (χ0n) is 19.9. The maximum Gasteiger partial charge on any atom is 0.270 e. The summed E-state index contributed by atoms with van der Waals surface area (Å²) in [6.45, 7) is 3.37. The van der Waals surface area contributed by atoms with Crippen LogP contribution in [-0.4, -0.2) is 52.5 Å². The van der Waals surface area contributed by atoms with Crippen LogP contribution in [-0.2, 0) is 16.6 Å². The van der Waals surface area contributed by atoms with E-state index in [-0.39, 0.29) is 11.3 Å². The minimum Gasteiger partial charge on any atom is -0.508 e. The van der Waals surface area contributed by atoms with Crippen LogP contribution in [0.4, 0.5) is 0 Å². The van der Waals surface area contributed by atoms with Gasteiger partial charge in [-0.1, -0.05) is 18.2 Å². The molecule has 3 heterocycles. The highest BCUT2D eigenvalue weighted by molar-refractivity contribution is 5.94. The summed E-state index contributed by atoms with van der Waals surface area (Å²) in [7, 11) is 0. The minimum atomic E-state index is 0.112. The third kappa shape index (κ3) is 2.37. The van der Waals surface area contributed by atoms with Gasteiger partial charge in [0.2, 0.25) is 0 Å². The smallest absolute Gasteiger partial charge is 0.270 e. The number of carbonyl (C=O) groups is 1. The molecule has 0 spiro atoms. The normalized spacial score (nSPS) is 41.5. The van der Waals surface area contributed by atoms with Crippen LogP contribution in [0.1, 0.15) is 56.1 Å². The fourth-order valence-electron chi connectivity index (χ4n) is 9.94. The monoisotopic (exact) mass is 457 g/mol. The maximum absolute atomic E-state index is 13.6. The number of hydrogen-bond donors (Lipinski definition) is 2. The Labute approximate surface area is 201 Å². The summed E-state index contributed by atoms with van der Waals surface area (Å²) in [5.74, 6) is 2.63. The number of amides is 1. The highest BCUT2D eigenvalue weighted by Gasteiger charge is 2.76. The van der Waals surface area contributed by atoms with Crippen molar-refractivity contribution in [3.63, 3.8) is 0 Å². The molecule has 5 fully saturated rings. The Bertz CT molecular complexity index is 1140. The second kappa shape index (κ2) is 6.69. The summed E-state index contributed by atoms with van der Waals surface area (Å²) in [5.41, 5.74) is 4.09. The van der Waals surface area contributed by atoms with Gasteiger partial charge in [0.1, 0.15) is 11.4 Å². The molecule has 5 heteroatoms. The zero-order valence-corrected chi connectivity index (χ0v) is 19.9. The molecule has 5 unspecified atom stereocenters. The van der Waals surface area contributed by atoms with E-state index in [0.717, 1.165) is 37.4 Å². The standard InChI is InChI=1S/C29H35N3O2/c33-21-7-6-19-13-25-28-9-8-24-26(20(15-28)17-32(24)27(34)23-3-1-2-11-30-23)29(28,22(19)14-21)10-12-31(25)16-18-4-5-18/h2-3,6-7,11,14,18,20,24-26,30,33H,1,4-5,8-10,12-13,15-17H2/t20-,24?,25?,26?,28?,29?/m1/s1. The molecule has 8 rings (SSSR count). The van der Waals surface area contributed by atoms with Crippen LogP contribution < -0.4 is 5.32 Å². The number of benzene rings is 1. The molecule has 4 aliphatic carbocycles. The summed E-state index contributed by atoms with van der Waals surface area (Å²) in [4.78, 5) is 18.8. The zero-order chi connectivity index (χ0) is 22.7. The summed E-state index contributed by atoms with van der Waals surface area (Å²) in [6, 6.07) is 7.20. The first-order chi connectivity index (χ1) is 16.6. The number of carbonyl (C=O) groups excluding carboxylic acids is 1. The van der Waals surface area contributed by atoms with Gasteiger partial charge in [0.05, 0.1) is 0 Å². The van der Waals surface area contributed by atoms with E-state index < -0.39 is 0 Å². The Morgan fingerprint density at radius 1 is 1.21 bits per heavy atom. The third-order valence-electron chi connectivity index (χ3n) is 11.1. The highest BCUT2D eigenvalue weighted by Crippen LogP contribution is 2.75. The number of nitrogens with one attached hydrogen (secondary N) is 1. The molecule has 178 valence electrons. The van der Waals surface area contributed by atoms with E-state index in [1.54, 1.807) is 0 Å². The number of hydrogen-bond acceptors (Lipinski definition) is 4. The first-order valence-corrected chi connectivity index (χ1v) is 13.6. The third-order valence-corrected chi connectivity index (χ3v) is 11.1. The van der Waals surface area contributed by atoms with E-state index in [4.69, 9.17) is 0 Å². The van der Waals surface area contributed by atoms with Crippen molar-refractivity contribution in [3.05, 3.63) is 53.4 Å². The average molecular weight is 458 g/mol. The number of dihydropyridines is 1. The van der Waals surface area contributed by atoms with Gasteiger partial charge in [-0.2, -0.15) is 0 Å². The minimum absolute atomic E-state index is 0.112. The van der Waals surface area contributed by atoms with Crippen LogP contribution >= 0.6 is 0 Å². The number of likely N-dealkylation sites (tertiary alicyclic amines) is 2. The van der Waals surface area contributed by atoms with Crippen molar-refractivity contribution in [1.29, 1.82) is 0 Å². The molecule has 2 saturated heterocycles. The fraction of sp³-hybridized carbons (Fsp3) is 0.621. The van der Waals surface area contributed by atoms with Crippen molar-refractivity contribution < 1.29 is 9.90 Å². The molecule has 2 N–H and O–H groups in total. The van der Waals surface area contributed by atoms with Crippen LogP contribution in [0.15, 0.2) is 42.2 Å². The molecule has 34 heavy (non-hydrogen) atoms. The van der Waals surface area contributed by atoms with E-state index >= 15 is 0 Å². The molecule has 1 amide bonds. The van der Waals surface area contributed by atoms with Crippen LogP contribution in [0.25, 0.3) is 0 Å². The Morgan fingerprint density at radius 2 is 2.12 bits per heavy atom. The largest absolute Gasteiger partial charge is 0.508 e. The van der Waals surface area contributed by atoms with E-state index in [1.807, 2.05) is 18.3 Å². The lowest BCUT2D eigenvalue weighted by molar-refractivity contribution is -0.136. The van der Waals surface area contributed by atoms with Crippen LogP contribution in [0.5, 0.6) is 5.75 Å². The Balaban J connectivity index is 1.24. The highest BCUT2D eigenvalue weighted by atomic mass is 16.3. The van der Waals surface area contributed by atoms with E-state index in [1.165, 1.54) is 56.3 Å². The Kier molecular flexibility index (Phi) is 3.93. The van der Waals surface area contributed by atoms with Crippen molar-refractivity contribution in [2.24, 2.45) is 23.2 Å². The number of nitrogens with zero attached hydrogens (tertiary/aromatic N) is 2. The quantitative estimate of drug-likeness (QED) is 0.727. The van der Waals surface area contributed by atoms with Gasteiger partial charge < -0.3 is 15.3 Å². The van der Waals surface area contributed by atoms with Gasteiger partial charge in [-0.05, 0) is 111 Å². The Morgan fingerprint density at radius 3 is 2.94 bits per heavy atom. The molecule has 1 aromatic carbocycles. The van der Waals surface area contributed by atoms with Gasteiger partial charge in [0, 0.05) is 30.6 Å². The van der Waals surface area contributed by atoms with Crippen molar-refractivity contribution in [3.8, 4) is 5.75 Å². The lowest BCUT2D eigenvalue weighted by Crippen LogP contribution is -2.70. The average Bonchev–Trinajstić information content (AvgIpc) is 3.55. The molecular weight excluding hydrogens is 422 g/mol. The molecule has 0 aromatic heterocycles. The molecule has 5 nitrogen and oxygen atoms in total. The van der Waals surface area contributed by atoms with Gasteiger partial charge in [-0.3, -0.25) is 9.69 Å². The predicted octanol–water partition coefficient (Wildman–Crippen LogP) is 3.69. The predicted molar refractivity (Wildman–Crippen MR) is 130 cm³/mol. The molecule has 6 atom stereocenters. The van der Waals surface area contributed by atoms with Gasteiger partial charge in [-0.15, -0.1) is 0 Å². The number of rotatable bonds is 3. The molecule has 4 bridgehead atoms. The molecule has 0 radical (unpaired) electrons. The van der Waals surface area contributed by atoms with E-state index in [0.29, 0.717) is 35.1 Å². The summed E-state index contributed by atoms with van der Waals surface area (Å²) < 4.78 is 0. The van der Waals surface area contributed by atoms with Crippen LogP contribution in [0.2, 0.25) is 0 Å². The second-order valence-electron chi connectivity index (χ2n) is 12.3. The van der Waals surface area contributed by atoms with Gasteiger partial charge >= 0.3 is 0 Å². The maximum atomic E-state index is 13.6. The number of fused-ring (bicyclic) bond motifs is 1. The number of allylic oxidation sites excluding steroid dienone is 2. The second-order valence-corrected chi connectivity index (χ2v) is 12.3. The Hall–Kier alpha value is -2.27. The van der Waals surface area contributed by atoms with Crippen molar-refractivity contribution in [1.82, 2.24) is 15.1 Å². The molecule has 1 aromatic rings.